The molecule has 3 rings (SSSR count). The van der Waals surface area contributed by atoms with Crippen LogP contribution >= 0.6 is 11.6 Å². The van der Waals surface area contributed by atoms with Gasteiger partial charge >= 0.3 is 0 Å². The molecular formula is C21H14ClF2N3O5S. The van der Waals surface area contributed by atoms with E-state index in [1.165, 1.54) is 48.5 Å². The average molecular weight is 494 g/mol. The molecule has 0 saturated carbocycles. The minimum absolute atomic E-state index is 0.0260. The molecule has 3 aromatic rings. The van der Waals surface area contributed by atoms with Crippen LogP contribution in [0.25, 0.3) is 6.08 Å². The summed E-state index contributed by atoms with van der Waals surface area (Å²) in [5, 5.41) is 13.4. The van der Waals surface area contributed by atoms with Crippen LogP contribution < -0.4 is 10.0 Å². The Morgan fingerprint density at radius 3 is 2.27 bits per heavy atom. The molecule has 0 atom stereocenters. The lowest BCUT2D eigenvalue weighted by molar-refractivity contribution is -0.384. The Morgan fingerprint density at radius 2 is 1.64 bits per heavy atom. The molecule has 0 aliphatic rings. The van der Waals surface area contributed by atoms with E-state index in [0.717, 1.165) is 12.1 Å². The Bertz CT molecular complexity index is 1360. The van der Waals surface area contributed by atoms with Crippen molar-refractivity contribution in [2.45, 2.75) is 4.90 Å². The van der Waals surface area contributed by atoms with Crippen molar-refractivity contribution in [1.82, 2.24) is 0 Å². The van der Waals surface area contributed by atoms with Gasteiger partial charge in [-0.05, 0) is 60.2 Å². The first-order valence-corrected chi connectivity index (χ1v) is 10.9. The van der Waals surface area contributed by atoms with Gasteiger partial charge in [0.15, 0.2) is 11.6 Å². The molecule has 170 valence electrons. The molecule has 0 aromatic heterocycles. The third-order valence-electron chi connectivity index (χ3n) is 4.20. The van der Waals surface area contributed by atoms with E-state index in [4.69, 9.17) is 11.6 Å². The van der Waals surface area contributed by atoms with Crippen molar-refractivity contribution in [3.05, 3.63) is 99.1 Å². The first kappa shape index (κ1) is 23.8. The molecule has 0 spiro atoms. The Morgan fingerprint density at radius 1 is 0.970 bits per heavy atom. The number of nitro benzene ring substituents is 1. The van der Waals surface area contributed by atoms with Crippen molar-refractivity contribution in [2.24, 2.45) is 0 Å². The first-order valence-electron chi connectivity index (χ1n) is 9.06. The minimum Gasteiger partial charge on any atom is -0.323 e. The summed E-state index contributed by atoms with van der Waals surface area (Å²) in [6.07, 6.45) is 2.52. The van der Waals surface area contributed by atoms with Crippen LogP contribution in [0.15, 0.2) is 71.6 Å². The minimum atomic E-state index is -4.15. The number of anilines is 2. The number of nitrogens with zero attached hydrogens (tertiary/aromatic N) is 1. The van der Waals surface area contributed by atoms with Crippen LogP contribution in [0, 0.1) is 21.7 Å². The summed E-state index contributed by atoms with van der Waals surface area (Å²) >= 11 is 5.74. The maximum absolute atomic E-state index is 13.3. The van der Waals surface area contributed by atoms with Gasteiger partial charge in [0.05, 0.1) is 9.82 Å². The Hall–Kier alpha value is -3.83. The van der Waals surface area contributed by atoms with Gasteiger partial charge in [0.25, 0.3) is 15.7 Å². The van der Waals surface area contributed by atoms with Crippen LogP contribution in [0.5, 0.6) is 0 Å². The van der Waals surface area contributed by atoms with Crippen molar-refractivity contribution in [1.29, 1.82) is 0 Å². The molecule has 0 saturated heterocycles. The SMILES string of the molecule is O=C(/C=C/c1ccc(Cl)c([N+](=O)[O-])c1)Nc1ccc(NS(=O)(=O)c2ccc(F)c(F)c2)cc1. The number of hydrogen-bond acceptors (Lipinski definition) is 5. The molecule has 0 unspecified atom stereocenters. The van der Waals surface area contributed by atoms with Gasteiger partial charge in [-0.15, -0.1) is 0 Å². The zero-order valence-corrected chi connectivity index (χ0v) is 18.0. The fourth-order valence-corrected chi connectivity index (χ4v) is 3.87. The van der Waals surface area contributed by atoms with E-state index in [1.54, 1.807) is 0 Å². The van der Waals surface area contributed by atoms with E-state index < -0.39 is 37.4 Å². The maximum atomic E-state index is 13.3. The number of sulfonamides is 1. The van der Waals surface area contributed by atoms with E-state index in [0.29, 0.717) is 23.4 Å². The van der Waals surface area contributed by atoms with Gasteiger partial charge in [-0.25, -0.2) is 17.2 Å². The summed E-state index contributed by atoms with van der Waals surface area (Å²) in [5.41, 5.74) is 0.563. The van der Waals surface area contributed by atoms with Gasteiger partial charge < -0.3 is 5.32 Å². The number of carbonyl (C=O) groups is 1. The van der Waals surface area contributed by atoms with E-state index in [1.807, 2.05) is 0 Å². The van der Waals surface area contributed by atoms with Crippen molar-refractivity contribution in [3.63, 3.8) is 0 Å². The largest absolute Gasteiger partial charge is 0.323 e. The Labute approximate surface area is 191 Å². The van der Waals surface area contributed by atoms with Crippen LogP contribution in [-0.4, -0.2) is 19.2 Å². The monoisotopic (exact) mass is 493 g/mol. The number of hydrogen-bond donors (Lipinski definition) is 2. The van der Waals surface area contributed by atoms with Crippen molar-refractivity contribution in [2.75, 3.05) is 10.0 Å². The Balaban J connectivity index is 1.65. The summed E-state index contributed by atoms with van der Waals surface area (Å²) in [4.78, 5) is 21.9. The molecule has 0 aliphatic carbocycles. The lowest BCUT2D eigenvalue weighted by Gasteiger charge is -2.09. The molecule has 2 N–H and O–H groups in total. The molecule has 0 radical (unpaired) electrons. The number of nitrogens with one attached hydrogen (secondary N) is 2. The third kappa shape index (κ3) is 6.11. The van der Waals surface area contributed by atoms with Gasteiger partial charge in [0.1, 0.15) is 5.02 Å². The lowest BCUT2D eigenvalue weighted by Crippen LogP contribution is -2.13. The summed E-state index contributed by atoms with van der Waals surface area (Å²) in [7, 11) is -4.15. The molecule has 0 fully saturated rings. The van der Waals surface area contributed by atoms with Crippen LogP contribution in [0.3, 0.4) is 0 Å². The molecule has 0 aliphatic heterocycles. The van der Waals surface area contributed by atoms with Crippen molar-refractivity contribution >= 4 is 50.7 Å². The lowest BCUT2D eigenvalue weighted by atomic mass is 10.2. The van der Waals surface area contributed by atoms with Gasteiger partial charge in [0, 0.05) is 23.5 Å². The molecule has 0 heterocycles. The van der Waals surface area contributed by atoms with Crippen LogP contribution in [-0.2, 0) is 14.8 Å². The highest BCUT2D eigenvalue weighted by Gasteiger charge is 2.17. The third-order valence-corrected chi connectivity index (χ3v) is 5.90. The van der Waals surface area contributed by atoms with Crippen LogP contribution in [0.2, 0.25) is 5.02 Å². The van der Waals surface area contributed by atoms with E-state index in [2.05, 4.69) is 10.0 Å². The molecule has 3 aromatic carbocycles. The maximum Gasteiger partial charge on any atom is 0.288 e. The van der Waals surface area contributed by atoms with E-state index in [-0.39, 0.29) is 16.4 Å². The van der Waals surface area contributed by atoms with Gasteiger partial charge in [-0.3, -0.25) is 19.6 Å². The van der Waals surface area contributed by atoms with Gasteiger partial charge in [0.2, 0.25) is 5.91 Å². The highest BCUT2D eigenvalue weighted by atomic mass is 35.5. The van der Waals surface area contributed by atoms with E-state index >= 15 is 0 Å². The fourth-order valence-electron chi connectivity index (χ4n) is 2.61. The first-order chi connectivity index (χ1) is 15.5. The average Bonchev–Trinajstić information content (AvgIpc) is 2.76. The summed E-state index contributed by atoms with van der Waals surface area (Å²) in [5.74, 6) is -3.00. The molecular weight excluding hydrogens is 480 g/mol. The zero-order valence-electron chi connectivity index (χ0n) is 16.5. The number of carbonyl (C=O) groups excluding carboxylic acids is 1. The highest BCUT2D eigenvalue weighted by Crippen LogP contribution is 2.25. The van der Waals surface area contributed by atoms with Crippen LogP contribution in [0.4, 0.5) is 25.8 Å². The molecule has 33 heavy (non-hydrogen) atoms. The normalized spacial score (nSPS) is 11.4. The van der Waals surface area contributed by atoms with Crippen molar-refractivity contribution < 1.29 is 26.9 Å². The second kappa shape index (κ2) is 9.76. The summed E-state index contributed by atoms with van der Waals surface area (Å²) in [6, 6.07) is 11.8. The molecule has 8 nitrogen and oxygen atoms in total. The highest BCUT2D eigenvalue weighted by molar-refractivity contribution is 7.92. The predicted octanol–water partition coefficient (Wildman–Crippen LogP) is 4.98. The van der Waals surface area contributed by atoms with Crippen molar-refractivity contribution in [3.8, 4) is 0 Å². The molecule has 0 bridgehead atoms. The van der Waals surface area contributed by atoms with Crippen LogP contribution in [0.1, 0.15) is 5.56 Å². The number of amides is 1. The molecule has 1 amide bonds. The van der Waals surface area contributed by atoms with Gasteiger partial charge in [-0.1, -0.05) is 17.7 Å². The smallest absolute Gasteiger partial charge is 0.288 e. The number of nitro groups is 1. The Kier molecular flexibility index (Phi) is 7.04. The summed E-state index contributed by atoms with van der Waals surface area (Å²) in [6.45, 7) is 0. The predicted molar refractivity (Wildman–Crippen MR) is 119 cm³/mol. The number of halogens is 3. The number of rotatable bonds is 7. The topological polar surface area (TPSA) is 118 Å². The quantitative estimate of drug-likeness (QED) is 0.273. The standard InChI is InChI=1S/C21H14ClF2N3O5S/c22-17-8-1-13(11-20(17)27(29)30)2-10-21(28)25-14-3-5-15(6-4-14)26-33(31,32)16-7-9-18(23)19(24)12-16/h1-12,26H,(H,25,28)/b10-2+. The summed E-state index contributed by atoms with van der Waals surface area (Å²) < 4.78 is 53.2. The van der Waals surface area contributed by atoms with E-state index in [9.17, 15) is 32.1 Å². The fraction of sp³-hybridized carbons (Fsp3) is 0. The second-order valence-electron chi connectivity index (χ2n) is 6.55. The molecule has 12 heteroatoms. The zero-order chi connectivity index (χ0) is 24.2. The number of benzene rings is 3. The second-order valence-corrected chi connectivity index (χ2v) is 8.64. The van der Waals surface area contributed by atoms with Gasteiger partial charge in [-0.2, -0.15) is 0 Å².